The van der Waals surface area contributed by atoms with Crippen LogP contribution in [0.3, 0.4) is 0 Å². The summed E-state index contributed by atoms with van der Waals surface area (Å²) in [6.07, 6.45) is 4.38. The zero-order chi connectivity index (χ0) is 20.4. The van der Waals surface area contributed by atoms with Gasteiger partial charge in [-0.15, -0.1) is 0 Å². The summed E-state index contributed by atoms with van der Waals surface area (Å²) in [6, 6.07) is 14.2. The van der Waals surface area contributed by atoms with Gasteiger partial charge in [0.25, 0.3) is 11.8 Å². The number of fused-ring (bicyclic) bond motifs is 1. The fourth-order valence-electron chi connectivity index (χ4n) is 3.89. The first-order valence-corrected chi connectivity index (χ1v) is 9.84. The van der Waals surface area contributed by atoms with Gasteiger partial charge in [0, 0.05) is 34.1 Å². The molecule has 2 aromatic carbocycles. The Morgan fingerprint density at radius 2 is 1.66 bits per heavy atom. The maximum atomic E-state index is 12.5. The van der Waals surface area contributed by atoms with Gasteiger partial charge in [-0.05, 0) is 43.2 Å². The van der Waals surface area contributed by atoms with Crippen LogP contribution in [-0.2, 0) is 4.79 Å². The van der Waals surface area contributed by atoms with Crippen molar-refractivity contribution in [3.8, 4) is 0 Å². The van der Waals surface area contributed by atoms with Crippen LogP contribution in [0.4, 0.5) is 5.69 Å². The lowest BCUT2D eigenvalue weighted by molar-refractivity contribution is -0.116. The third-order valence-corrected chi connectivity index (χ3v) is 5.46. The summed E-state index contributed by atoms with van der Waals surface area (Å²) in [5, 5.41) is 5.81. The smallest absolute Gasteiger partial charge is 0.259 e. The number of amides is 3. The van der Waals surface area contributed by atoms with Crippen LogP contribution in [0, 0.1) is 0 Å². The first kappa shape index (κ1) is 18.9. The van der Waals surface area contributed by atoms with Gasteiger partial charge in [0.2, 0.25) is 5.91 Å². The van der Waals surface area contributed by atoms with Crippen LogP contribution in [0.5, 0.6) is 0 Å². The molecule has 1 saturated carbocycles. The van der Waals surface area contributed by atoms with Gasteiger partial charge in [-0.1, -0.05) is 37.6 Å². The predicted octanol–water partition coefficient (Wildman–Crippen LogP) is 3.42. The van der Waals surface area contributed by atoms with E-state index in [1.807, 2.05) is 12.1 Å². The molecule has 2 aromatic rings. The molecule has 3 amide bonds. The number of hydrogen-bond donors (Lipinski definition) is 2. The molecule has 6 heteroatoms. The molecule has 0 unspecified atom stereocenters. The minimum Gasteiger partial charge on any atom is -0.349 e. The Morgan fingerprint density at radius 1 is 1.00 bits per heavy atom. The number of carbonyl (C=O) groups excluding carboxylic acids is 3. The Morgan fingerprint density at radius 3 is 2.31 bits per heavy atom. The summed E-state index contributed by atoms with van der Waals surface area (Å²) in [4.78, 5) is 38.6. The van der Waals surface area contributed by atoms with Crippen molar-refractivity contribution >= 4 is 29.1 Å². The SMILES string of the molecule is C=C1c2ccccc2C(=O)N1CC(=O)Nc1ccc(C(=O)NC2CCCC2)cc1. The molecule has 1 fully saturated rings. The highest BCUT2D eigenvalue weighted by atomic mass is 16.2. The number of benzene rings is 2. The Hall–Kier alpha value is -3.41. The third kappa shape index (κ3) is 3.92. The van der Waals surface area contributed by atoms with E-state index in [0.29, 0.717) is 22.5 Å². The van der Waals surface area contributed by atoms with Crippen LogP contribution in [0.15, 0.2) is 55.1 Å². The molecule has 2 aliphatic rings. The molecule has 29 heavy (non-hydrogen) atoms. The van der Waals surface area contributed by atoms with E-state index in [-0.39, 0.29) is 30.3 Å². The van der Waals surface area contributed by atoms with Gasteiger partial charge in [-0.25, -0.2) is 0 Å². The number of nitrogens with zero attached hydrogens (tertiary/aromatic N) is 1. The van der Waals surface area contributed by atoms with Crippen molar-refractivity contribution in [2.24, 2.45) is 0 Å². The van der Waals surface area contributed by atoms with Crippen molar-refractivity contribution < 1.29 is 14.4 Å². The van der Waals surface area contributed by atoms with Crippen molar-refractivity contribution in [2.75, 3.05) is 11.9 Å². The normalized spacial score (nSPS) is 16.1. The Labute approximate surface area is 169 Å². The predicted molar refractivity (Wildman–Crippen MR) is 111 cm³/mol. The minimum atomic E-state index is -0.324. The molecule has 0 atom stereocenters. The fraction of sp³-hybridized carbons (Fsp3) is 0.261. The van der Waals surface area contributed by atoms with Gasteiger partial charge in [0.1, 0.15) is 6.54 Å². The molecule has 1 aliphatic carbocycles. The summed E-state index contributed by atoms with van der Waals surface area (Å²) in [5.74, 6) is -0.637. The molecular weight excluding hydrogens is 366 g/mol. The van der Waals surface area contributed by atoms with Crippen LogP contribution >= 0.6 is 0 Å². The zero-order valence-electron chi connectivity index (χ0n) is 16.1. The minimum absolute atomic E-state index is 0.0912. The first-order valence-electron chi connectivity index (χ1n) is 9.84. The Balaban J connectivity index is 1.35. The molecule has 2 N–H and O–H groups in total. The average molecular weight is 389 g/mol. The van der Waals surface area contributed by atoms with Crippen LogP contribution < -0.4 is 10.6 Å². The molecule has 1 aliphatic heterocycles. The molecule has 4 rings (SSSR count). The van der Waals surface area contributed by atoms with Gasteiger partial charge in [0.15, 0.2) is 0 Å². The summed E-state index contributed by atoms with van der Waals surface area (Å²) < 4.78 is 0. The van der Waals surface area contributed by atoms with Crippen LogP contribution in [0.25, 0.3) is 5.70 Å². The van der Waals surface area contributed by atoms with Crippen molar-refractivity contribution in [1.82, 2.24) is 10.2 Å². The van der Waals surface area contributed by atoms with Crippen molar-refractivity contribution in [3.05, 3.63) is 71.8 Å². The molecular formula is C23H23N3O3. The van der Waals surface area contributed by atoms with E-state index < -0.39 is 0 Å². The van der Waals surface area contributed by atoms with Gasteiger partial charge in [-0.2, -0.15) is 0 Å². The number of carbonyl (C=O) groups is 3. The number of rotatable bonds is 5. The van der Waals surface area contributed by atoms with Gasteiger partial charge >= 0.3 is 0 Å². The molecule has 6 nitrogen and oxygen atoms in total. The van der Waals surface area contributed by atoms with Crippen molar-refractivity contribution in [2.45, 2.75) is 31.7 Å². The molecule has 148 valence electrons. The molecule has 0 radical (unpaired) electrons. The lowest BCUT2D eigenvalue weighted by atomic mass is 10.1. The summed E-state index contributed by atoms with van der Waals surface area (Å²) >= 11 is 0. The zero-order valence-corrected chi connectivity index (χ0v) is 16.1. The topological polar surface area (TPSA) is 78.5 Å². The molecule has 1 heterocycles. The van der Waals surface area contributed by atoms with Crippen LogP contribution in [0.2, 0.25) is 0 Å². The summed E-state index contributed by atoms with van der Waals surface area (Å²) in [6.45, 7) is 3.83. The second kappa shape index (κ2) is 7.91. The van der Waals surface area contributed by atoms with Crippen molar-refractivity contribution in [1.29, 1.82) is 0 Å². The van der Waals surface area contributed by atoms with E-state index in [2.05, 4.69) is 17.2 Å². The Kier molecular flexibility index (Phi) is 5.16. The summed E-state index contributed by atoms with van der Waals surface area (Å²) in [5.41, 5.74) is 2.97. The van der Waals surface area contributed by atoms with Crippen LogP contribution in [0.1, 0.15) is 52.0 Å². The highest BCUT2D eigenvalue weighted by Gasteiger charge is 2.31. The number of anilines is 1. The van der Waals surface area contributed by atoms with E-state index in [1.54, 1.807) is 36.4 Å². The molecule has 0 bridgehead atoms. The van der Waals surface area contributed by atoms with E-state index in [1.165, 1.54) is 4.90 Å². The quantitative estimate of drug-likeness (QED) is 0.822. The van der Waals surface area contributed by atoms with Crippen molar-refractivity contribution in [3.63, 3.8) is 0 Å². The van der Waals surface area contributed by atoms with Gasteiger partial charge in [0.05, 0.1) is 0 Å². The maximum Gasteiger partial charge on any atom is 0.259 e. The van der Waals surface area contributed by atoms with Gasteiger partial charge < -0.3 is 10.6 Å². The van der Waals surface area contributed by atoms with E-state index in [4.69, 9.17) is 0 Å². The number of nitrogens with one attached hydrogen (secondary N) is 2. The third-order valence-electron chi connectivity index (χ3n) is 5.46. The maximum absolute atomic E-state index is 12.5. The second-order valence-electron chi connectivity index (χ2n) is 7.46. The monoisotopic (exact) mass is 389 g/mol. The highest BCUT2D eigenvalue weighted by Crippen LogP contribution is 2.30. The highest BCUT2D eigenvalue weighted by molar-refractivity contribution is 6.11. The summed E-state index contributed by atoms with van der Waals surface area (Å²) in [7, 11) is 0. The van der Waals surface area contributed by atoms with E-state index >= 15 is 0 Å². The van der Waals surface area contributed by atoms with Crippen LogP contribution in [-0.4, -0.2) is 35.2 Å². The lowest BCUT2D eigenvalue weighted by Gasteiger charge is -2.17. The molecule has 0 spiro atoms. The fourth-order valence-corrected chi connectivity index (χ4v) is 3.89. The Bertz CT molecular complexity index is 940. The number of hydrogen-bond acceptors (Lipinski definition) is 3. The van der Waals surface area contributed by atoms with Gasteiger partial charge in [-0.3, -0.25) is 19.3 Å². The average Bonchev–Trinajstić information content (AvgIpc) is 3.31. The standard InChI is InChI=1S/C23H23N3O3/c1-15-19-8-4-5-9-20(19)23(29)26(15)14-21(27)24-18-12-10-16(11-13-18)22(28)25-17-6-2-3-7-17/h4-5,8-13,17H,1-3,6-7,14H2,(H,24,27)(H,25,28). The molecule has 0 saturated heterocycles. The molecule has 0 aromatic heterocycles. The second-order valence-corrected chi connectivity index (χ2v) is 7.46. The lowest BCUT2D eigenvalue weighted by Crippen LogP contribution is -2.33. The largest absolute Gasteiger partial charge is 0.349 e. The van der Waals surface area contributed by atoms with E-state index in [9.17, 15) is 14.4 Å². The van der Waals surface area contributed by atoms with E-state index in [0.717, 1.165) is 31.2 Å². The first-order chi connectivity index (χ1) is 14.0.